The van der Waals surface area contributed by atoms with E-state index in [0.29, 0.717) is 10.0 Å². The highest BCUT2D eigenvalue weighted by atomic mass is 35.5. The van der Waals surface area contributed by atoms with E-state index < -0.39 is 11.9 Å². The highest BCUT2D eigenvalue weighted by molar-refractivity contribution is 6.43. The Morgan fingerprint density at radius 2 is 1.87 bits per heavy atom. The van der Waals surface area contributed by atoms with Gasteiger partial charge in [0.05, 0.1) is 15.7 Å². The highest BCUT2D eigenvalue weighted by Gasteiger charge is 2.23. The molecule has 1 aromatic carbocycles. The monoisotopic (exact) mass is 349 g/mol. The number of carbonyl (C=O) groups is 2. The lowest BCUT2D eigenvalue weighted by atomic mass is 10.2. The van der Waals surface area contributed by atoms with Crippen LogP contribution in [0.25, 0.3) is 11.8 Å². The zero-order chi connectivity index (χ0) is 16.7. The van der Waals surface area contributed by atoms with Gasteiger partial charge < -0.3 is 9.88 Å². The van der Waals surface area contributed by atoms with Crippen LogP contribution in [0.4, 0.5) is 4.79 Å². The molecule has 0 radical (unpaired) electrons. The van der Waals surface area contributed by atoms with Crippen molar-refractivity contribution in [1.82, 2.24) is 15.2 Å². The summed E-state index contributed by atoms with van der Waals surface area (Å²) in [4.78, 5) is 22.8. The minimum Gasteiger partial charge on any atom is -0.316 e. The Kier molecular flexibility index (Phi) is 3.92. The highest BCUT2D eigenvalue weighted by Crippen LogP contribution is 2.32. The van der Waals surface area contributed by atoms with Crippen LogP contribution in [0.3, 0.4) is 0 Å². The van der Waals surface area contributed by atoms with E-state index in [2.05, 4.69) is 10.6 Å². The third-order valence-electron chi connectivity index (χ3n) is 3.66. The maximum absolute atomic E-state index is 11.7. The number of halogens is 2. The van der Waals surface area contributed by atoms with Gasteiger partial charge >= 0.3 is 6.03 Å². The van der Waals surface area contributed by atoms with Gasteiger partial charge in [-0.05, 0) is 43.7 Å². The molecule has 5 nitrogen and oxygen atoms in total. The summed E-state index contributed by atoms with van der Waals surface area (Å²) < 4.78 is 1.95. The molecule has 3 amide bonds. The number of benzene rings is 1. The Bertz CT molecular complexity index is 868. The standard InChI is InChI=1S/C16H13Cl2N3O2/c1-8-6-10(7-12-15(22)20-16(23)19-12)9(2)21(8)13-5-3-4-11(17)14(13)18/h3-7H,1-2H3,(H2,19,20,22,23)/b12-7+. The van der Waals surface area contributed by atoms with Crippen LogP contribution >= 0.6 is 23.2 Å². The summed E-state index contributed by atoms with van der Waals surface area (Å²) in [5.41, 5.74) is 3.61. The normalized spacial score (nSPS) is 15.9. The Labute approximate surface area is 142 Å². The maximum atomic E-state index is 11.7. The van der Waals surface area contributed by atoms with E-state index in [9.17, 15) is 9.59 Å². The number of carbonyl (C=O) groups excluding carboxylic acids is 2. The fraction of sp³-hybridized carbons (Fsp3) is 0.125. The predicted molar refractivity (Wildman–Crippen MR) is 89.9 cm³/mol. The largest absolute Gasteiger partial charge is 0.326 e. The van der Waals surface area contributed by atoms with Gasteiger partial charge in [0.15, 0.2) is 0 Å². The first-order valence-corrected chi connectivity index (χ1v) is 7.61. The van der Waals surface area contributed by atoms with Crippen molar-refractivity contribution >= 4 is 41.2 Å². The van der Waals surface area contributed by atoms with Crippen molar-refractivity contribution in [2.75, 3.05) is 0 Å². The van der Waals surface area contributed by atoms with Gasteiger partial charge in [0.2, 0.25) is 0 Å². The molecule has 0 unspecified atom stereocenters. The quantitative estimate of drug-likeness (QED) is 0.642. The molecule has 2 aromatic rings. The summed E-state index contributed by atoms with van der Waals surface area (Å²) in [6, 6.07) is 6.81. The molecule has 1 aliphatic rings. The van der Waals surface area contributed by atoms with Crippen molar-refractivity contribution in [3.8, 4) is 5.69 Å². The van der Waals surface area contributed by atoms with E-state index in [1.807, 2.05) is 36.6 Å². The number of aryl methyl sites for hydroxylation is 1. The van der Waals surface area contributed by atoms with E-state index >= 15 is 0 Å². The van der Waals surface area contributed by atoms with E-state index in [1.165, 1.54) is 0 Å². The zero-order valence-corrected chi connectivity index (χ0v) is 13.9. The summed E-state index contributed by atoms with van der Waals surface area (Å²) >= 11 is 12.4. The minimum absolute atomic E-state index is 0.215. The van der Waals surface area contributed by atoms with Gasteiger partial charge in [0.25, 0.3) is 5.91 Å². The average Bonchev–Trinajstić information content (AvgIpc) is 2.94. The first kappa shape index (κ1) is 15.6. The van der Waals surface area contributed by atoms with Crippen LogP contribution < -0.4 is 10.6 Å². The Morgan fingerprint density at radius 1 is 1.13 bits per heavy atom. The van der Waals surface area contributed by atoms with Crippen LogP contribution in [0.5, 0.6) is 0 Å². The van der Waals surface area contributed by atoms with Crippen LogP contribution in [0, 0.1) is 13.8 Å². The van der Waals surface area contributed by atoms with Crippen molar-refractivity contribution < 1.29 is 9.59 Å². The Balaban J connectivity index is 2.11. The van der Waals surface area contributed by atoms with E-state index in [-0.39, 0.29) is 5.70 Å². The molecular weight excluding hydrogens is 337 g/mol. The lowest BCUT2D eigenvalue weighted by molar-refractivity contribution is -0.115. The number of imide groups is 1. The number of nitrogens with zero attached hydrogens (tertiary/aromatic N) is 1. The SMILES string of the molecule is Cc1cc(/C=C2/NC(=O)NC2=O)c(C)n1-c1cccc(Cl)c1Cl. The molecule has 7 heteroatoms. The van der Waals surface area contributed by atoms with Gasteiger partial charge in [0.1, 0.15) is 5.70 Å². The molecule has 1 saturated heterocycles. The summed E-state index contributed by atoms with van der Waals surface area (Å²) in [5, 5.41) is 5.58. The fourth-order valence-corrected chi connectivity index (χ4v) is 2.99. The number of aromatic nitrogens is 1. The van der Waals surface area contributed by atoms with Crippen LogP contribution in [0.15, 0.2) is 30.0 Å². The summed E-state index contributed by atoms with van der Waals surface area (Å²) in [6.07, 6.45) is 1.64. The van der Waals surface area contributed by atoms with E-state index in [1.54, 1.807) is 12.1 Å². The number of nitrogens with one attached hydrogen (secondary N) is 2. The molecule has 118 valence electrons. The van der Waals surface area contributed by atoms with Crippen molar-refractivity contribution in [3.05, 3.63) is 57.0 Å². The molecule has 1 aromatic heterocycles. The minimum atomic E-state index is -0.520. The molecule has 2 heterocycles. The second kappa shape index (κ2) is 5.76. The summed E-state index contributed by atoms with van der Waals surface area (Å²) in [6.45, 7) is 3.84. The van der Waals surface area contributed by atoms with Crippen LogP contribution in [-0.2, 0) is 4.79 Å². The summed E-state index contributed by atoms with van der Waals surface area (Å²) in [7, 11) is 0. The second-order valence-corrected chi connectivity index (χ2v) is 5.99. The van der Waals surface area contributed by atoms with Gasteiger partial charge in [-0.1, -0.05) is 29.3 Å². The Hall–Kier alpha value is -2.24. The lowest BCUT2D eigenvalue weighted by Gasteiger charge is -2.12. The number of amides is 3. The molecule has 0 aliphatic carbocycles. The topological polar surface area (TPSA) is 63.1 Å². The molecule has 1 fully saturated rings. The van der Waals surface area contributed by atoms with Gasteiger partial charge in [-0.25, -0.2) is 4.79 Å². The number of hydrogen-bond acceptors (Lipinski definition) is 2. The van der Waals surface area contributed by atoms with Crippen LogP contribution in [-0.4, -0.2) is 16.5 Å². The molecule has 23 heavy (non-hydrogen) atoms. The molecule has 0 saturated carbocycles. The molecule has 0 bridgehead atoms. The molecule has 0 spiro atoms. The Morgan fingerprint density at radius 3 is 2.52 bits per heavy atom. The van der Waals surface area contributed by atoms with Gasteiger partial charge in [0, 0.05) is 11.4 Å². The fourth-order valence-electron chi connectivity index (χ4n) is 2.61. The third kappa shape index (κ3) is 2.73. The maximum Gasteiger partial charge on any atom is 0.326 e. The van der Waals surface area contributed by atoms with Crippen LogP contribution in [0.1, 0.15) is 17.0 Å². The van der Waals surface area contributed by atoms with Crippen molar-refractivity contribution in [2.45, 2.75) is 13.8 Å². The first-order valence-electron chi connectivity index (χ1n) is 6.86. The van der Waals surface area contributed by atoms with Crippen molar-refractivity contribution in [3.63, 3.8) is 0 Å². The lowest BCUT2D eigenvalue weighted by Crippen LogP contribution is -2.22. The van der Waals surface area contributed by atoms with Crippen molar-refractivity contribution in [2.24, 2.45) is 0 Å². The third-order valence-corrected chi connectivity index (χ3v) is 4.47. The molecule has 1 aliphatic heterocycles. The number of rotatable bonds is 2. The number of urea groups is 1. The van der Waals surface area contributed by atoms with Gasteiger partial charge in [-0.2, -0.15) is 0 Å². The van der Waals surface area contributed by atoms with Gasteiger partial charge in [-0.3, -0.25) is 10.1 Å². The average molecular weight is 350 g/mol. The number of hydrogen-bond donors (Lipinski definition) is 2. The molecular formula is C16H13Cl2N3O2. The predicted octanol–water partition coefficient (Wildman–Crippen LogP) is 3.58. The van der Waals surface area contributed by atoms with Gasteiger partial charge in [-0.15, -0.1) is 0 Å². The van der Waals surface area contributed by atoms with E-state index in [0.717, 1.165) is 22.6 Å². The molecule has 2 N–H and O–H groups in total. The summed E-state index contributed by atoms with van der Waals surface area (Å²) in [5.74, 6) is -0.444. The van der Waals surface area contributed by atoms with Crippen LogP contribution in [0.2, 0.25) is 10.0 Å². The molecule has 0 atom stereocenters. The molecule has 3 rings (SSSR count). The van der Waals surface area contributed by atoms with E-state index in [4.69, 9.17) is 23.2 Å². The second-order valence-electron chi connectivity index (χ2n) is 5.20. The first-order chi connectivity index (χ1) is 10.9. The zero-order valence-electron chi connectivity index (χ0n) is 12.4. The van der Waals surface area contributed by atoms with Crippen molar-refractivity contribution in [1.29, 1.82) is 0 Å². The smallest absolute Gasteiger partial charge is 0.316 e.